The number of likely N-dealkylation sites (tertiary alicyclic amines) is 1. The van der Waals surface area contributed by atoms with Crippen LogP contribution in [0, 0.1) is 12.8 Å². The van der Waals surface area contributed by atoms with Crippen LogP contribution in [0.1, 0.15) is 29.6 Å². The van der Waals surface area contributed by atoms with Gasteiger partial charge in [-0.1, -0.05) is 12.1 Å². The van der Waals surface area contributed by atoms with Crippen LogP contribution in [0.3, 0.4) is 0 Å². The van der Waals surface area contributed by atoms with Crippen LogP contribution in [-0.4, -0.2) is 35.1 Å². The molecule has 5 heteroatoms. The van der Waals surface area contributed by atoms with Crippen LogP contribution in [0.2, 0.25) is 0 Å². The van der Waals surface area contributed by atoms with Crippen molar-refractivity contribution in [2.45, 2.75) is 26.3 Å². The minimum Gasteiger partial charge on any atom is -0.361 e. The van der Waals surface area contributed by atoms with Gasteiger partial charge in [-0.15, -0.1) is 0 Å². The first-order valence-corrected chi connectivity index (χ1v) is 5.56. The van der Waals surface area contributed by atoms with Crippen LogP contribution in [0.25, 0.3) is 0 Å². The van der Waals surface area contributed by atoms with E-state index in [1.807, 2.05) is 0 Å². The second kappa shape index (κ2) is 4.25. The van der Waals surface area contributed by atoms with Crippen molar-refractivity contribution in [2.75, 3.05) is 13.1 Å². The molecule has 5 nitrogen and oxygen atoms in total. The molecule has 1 aromatic heterocycles. The minimum absolute atomic E-state index is 0.0608. The fourth-order valence-corrected chi connectivity index (χ4v) is 1.91. The maximum Gasteiger partial charge on any atom is 0.276 e. The molecule has 0 saturated carbocycles. The monoisotopic (exact) mass is 223 g/mol. The summed E-state index contributed by atoms with van der Waals surface area (Å²) in [6.07, 6.45) is 0.948. The zero-order valence-electron chi connectivity index (χ0n) is 9.64. The van der Waals surface area contributed by atoms with Crippen LogP contribution >= 0.6 is 0 Å². The highest BCUT2D eigenvalue weighted by atomic mass is 16.5. The molecule has 16 heavy (non-hydrogen) atoms. The summed E-state index contributed by atoms with van der Waals surface area (Å²) in [7, 11) is 0. The number of rotatable bonds is 1. The Morgan fingerprint density at radius 2 is 2.44 bits per heavy atom. The molecule has 0 aliphatic carbocycles. The topological polar surface area (TPSA) is 72.4 Å². The van der Waals surface area contributed by atoms with Gasteiger partial charge in [-0.05, 0) is 19.3 Å². The van der Waals surface area contributed by atoms with E-state index in [9.17, 15) is 4.79 Å². The van der Waals surface area contributed by atoms with Gasteiger partial charge in [0.1, 0.15) is 5.76 Å². The van der Waals surface area contributed by atoms with Crippen molar-refractivity contribution in [1.29, 1.82) is 0 Å². The van der Waals surface area contributed by atoms with Crippen molar-refractivity contribution in [1.82, 2.24) is 10.1 Å². The molecular formula is C11H17N3O2. The third-order valence-electron chi connectivity index (χ3n) is 3.15. The summed E-state index contributed by atoms with van der Waals surface area (Å²) in [5, 5.41) is 3.73. The van der Waals surface area contributed by atoms with Gasteiger partial charge in [-0.3, -0.25) is 4.79 Å². The number of nitrogens with two attached hydrogens (primary N) is 1. The number of piperidine rings is 1. The summed E-state index contributed by atoms with van der Waals surface area (Å²) in [6, 6.07) is 1.72. The number of aromatic nitrogens is 1. The van der Waals surface area contributed by atoms with Gasteiger partial charge in [0.2, 0.25) is 0 Å². The Labute approximate surface area is 94.6 Å². The van der Waals surface area contributed by atoms with E-state index < -0.39 is 0 Å². The molecule has 1 aliphatic heterocycles. The van der Waals surface area contributed by atoms with E-state index >= 15 is 0 Å². The average molecular weight is 223 g/mol. The van der Waals surface area contributed by atoms with Crippen molar-refractivity contribution in [3.8, 4) is 0 Å². The Morgan fingerprint density at radius 3 is 3.00 bits per heavy atom. The smallest absolute Gasteiger partial charge is 0.276 e. The molecular weight excluding hydrogens is 206 g/mol. The van der Waals surface area contributed by atoms with Gasteiger partial charge in [0.25, 0.3) is 5.91 Å². The molecule has 1 aromatic rings. The number of aryl methyl sites for hydroxylation is 1. The van der Waals surface area contributed by atoms with Gasteiger partial charge in [0.05, 0.1) is 0 Å². The van der Waals surface area contributed by atoms with Gasteiger partial charge in [0, 0.05) is 25.2 Å². The highest BCUT2D eigenvalue weighted by Crippen LogP contribution is 2.17. The number of amides is 1. The van der Waals surface area contributed by atoms with Gasteiger partial charge in [-0.2, -0.15) is 0 Å². The van der Waals surface area contributed by atoms with Crippen molar-refractivity contribution in [2.24, 2.45) is 11.7 Å². The van der Waals surface area contributed by atoms with Gasteiger partial charge >= 0.3 is 0 Å². The van der Waals surface area contributed by atoms with E-state index in [0.717, 1.165) is 13.0 Å². The quantitative estimate of drug-likeness (QED) is 0.764. The number of hydrogen-bond acceptors (Lipinski definition) is 4. The minimum atomic E-state index is -0.0841. The Balaban J connectivity index is 2.06. The Hall–Kier alpha value is -1.36. The van der Waals surface area contributed by atoms with Crippen LogP contribution in [0.4, 0.5) is 0 Å². The molecule has 2 N–H and O–H groups in total. The number of nitrogens with zero attached hydrogens (tertiary/aromatic N) is 2. The summed E-state index contributed by atoms with van der Waals surface area (Å²) in [6.45, 7) is 5.24. The SMILES string of the molecule is Cc1cc(C(=O)N2CCC(C)C(N)C2)no1. The predicted octanol–water partition coefficient (Wildman–Crippen LogP) is 0.792. The number of hydrogen-bond donors (Lipinski definition) is 1. The summed E-state index contributed by atoms with van der Waals surface area (Å²) in [5.41, 5.74) is 6.33. The fourth-order valence-electron chi connectivity index (χ4n) is 1.91. The fraction of sp³-hybridized carbons (Fsp3) is 0.636. The summed E-state index contributed by atoms with van der Waals surface area (Å²) in [4.78, 5) is 13.8. The first-order valence-electron chi connectivity index (χ1n) is 5.56. The van der Waals surface area contributed by atoms with E-state index in [-0.39, 0.29) is 11.9 Å². The van der Waals surface area contributed by atoms with E-state index in [0.29, 0.717) is 23.9 Å². The predicted molar refractivity (Wildman–Crippen MR) is 58.9 cm³/mol. The normalized spacial score (nSPS) is 25.8. The number of carbonyl (C=O) groups excluding carboxylic acids is 1. The molecule has 2 rings (SSSR count). The molecule has 0 bridgehead atoms. The molecule has 1 fully saturated rings. The molecule has 2 heterocycles. The lowest BCUT2D eigenvalue weighted by atomic mass is 9.94. The summed E-state index contributed by atoms with van der Waals surface area (Å²) in [5.74, 6) is 1.04. The molecule has 88 valence electrons. The Bertz CT molecular complexity index is 388. The van der Waals surface area contributed by atoms with Crippen molar-refractivity contribution < 1.29 is 9.32 Å². The lowest BCUT2D eigenvalue weighted by Gasteiger charge is -2.34. The maximum atomic E-state index is 12.0. The van der Waals surface area contributed by atoms with Gasteiger partial charge in [-0.25, -0.2) is 0 Å². The molecule has 0 aromatic carbocycles. The van der Waals surface area contributed by atoms with E-state index in [4.69, 9.17) is 10.3 Å². The molecule has 0 spiro atoms. The largest absolute Gasteiger partial charge is 0.361 e. The molecule has 1 aliphatic rings. The zero-order valence-corrected chi connectivity index (χ0v) is 9.64. The molecule has 1 saturated heterocycles. The average Bonchev–Trinajstić information content (AvgIpc) is 2.68. The van der Waals surface area contributed by atoms with Crippen molar-refractivity contribution in [3.05, 3.63) is 17.5 Å². The Morgan fingerprint density at radius 1 is 1.69 bits per heavy atom. The molecule has 0 radical (unpaired) electrons. The number of carbonyl (C=O) groups is 1. The summed E-state index contributed by atoms with van der Waals surface area (Å²) >= 11 is 0. The van der Waals surface area contributed by atoms with Crippen LogP contribution in [0.5, 0.6) is 0 Å². The molecule has 1 amide bonds. The van der Waals surface area contributed by atoms with Crippen LogP contribution < -0.4 is 5.73 Å². The highest BCUT2D eigenvalue weighted by Gasteiger charge is 2.28. The van der Waals surface area contributed by atoms with E-state index in [2.05, 4.69) is 12.1 Å². The van der Waals surface area contributed by atoms with Crippen LogP contribution in [0.15, 0.2) is 10.6 Å². The third-order valence-corrected chi connectivity index (χ3v) is 3.15. The van der Waals surface area contributed by atoms with Gasteiger partial charge < -0.3 is 15.2 Å². The Kier molecular flexibility index (Phi) is 2.96. The molecule has 2 unspecified atom stereocenters. The third kappa shape index (κ3) is 2.09. The second-order valence-corrected chi connectivity index (χ2v) is 4.50. The van der Waals surface area contributed by atoms with E-state index in [1.165, 1.54) is 0 Å². The van der Waals surface area contributed by atoms with Crippen LogP contribution in [-0.2, 0) is 0 Å². The first kappa shape index (κ1) is 11.1. The van der Waals surface area contributed by atoms with Crippen molar-refractivity contribution >= 4 is 5.91 Å². The van der Waals surface area contributed by atoms with Gasteiger partial charge in [0.15, 0.2) is 5.69 Å². The zero-order chi connectivity index (χ0) is 11.7. The standard InChI is InChI=1S/C11H17N3O2/c1-7-3-4-14(6-9(7)12)11(15)10-5-8(2)16-13-10/h5,7,9H,3-4,6,12H2,1-2H3. The summed E-state index contributed by atoms with van der Waals surface area (Å²) < 4.78 is 4.90. The van der Waals surface area contributed by atoms with Crippen molar-refractivity contribution in [3.63, 3.8) is 0 Å². The van der Waals surface area contributed by atoms with E-state index in [1.54, 1.807) is 17.9 Å². The maximum absolute atomic E-state index is 12.0. The lowest BCUT2D eigenvalue weighted by molar-refractivity contribution is 0.0662. The second-order valence-electron chi connectivity index (χ2n) is 4.50. The lowest BCUT2D eigenvalue weighted by Crippen LogP contribution is -2.49. The highest BCUT2D eigenvalue weighted by molar-refractivity contribution is 5.92. The first-order chi connectivity index (χ1) is 7.58. The molecule has 2 atom stereocenters.